The lowest BCUT2D eigenvalue weighted by atomic mass is 10.2. The van der Waals surface area contributed by atoms with Crippen molar-refractivity contribution in [2.45, 2.75) is 13.8 Å². The maximum Gasteiger partial charge on any atom is 0.198 e. The number of benzene rings is 2. The van der Waals surface area contributed by atoms with Crippen molar-refractivity contribution in [3.8, 4) is 5.75 Å². The van der Waals surface area contributed by atoms with E-state index < -0.39 is 0 Å². The quantitative estimate of drug-likeness (QED) is 0.450. The smallest absolute Gasteiger partial charge is 0.198 e. The van der Waals surface area contributed by atoms with E-state index in [2.05, 4.69) is 35.0 Å². The van der Waals surface area contributed by atoms with E-state index in [0.717, 1.165) is 55.8 Å². The van der Waals surface area contributed by atoms with Crippen LogP contribution in [0.1, 0.15) is 13.8 Å². The molecule has 0 bridgehead atoms. The molecule has 0 amide bonds. The Balaban J connectivity index is 0.00000320. The highest BCUT2D eigenvalue weighted by Gasteiger charge is 2.22. The van der Waals surface area contributed by atoms with Crippen LogP contribution >= 0.6 is 35.6 Å². The van der Waals surface area contributed by atoms with Gasteiger partial charge in [0, 0.05) is 38.4 Å². The van der Waals surface area contributed by atoms with Gasteiger partial charge in [-0.05, 0) is 36.2 Å². The van der Waals surface area contributed by atoms with Crippen LogP contribution in [0, 0.1) is 5.92 Å². The molecule has 2 aromatic carbocycles. The van der Waals surface area contributed by atoms with Gasteiger partial charge in [-0.25, -0.2) is 0 Å². The van der Waals surface area contributed by atoms with Crippen molar-refractivity contribution >= 4 is 52.9 Å². The largest absolute Gasteiger partial charge is 0.495 e. The van der Waals surface area contributed by atoms with Crippen molar-refractivity contribution in [1.29, 1.82) is 0 Å². The van der Waals surface area contributed by atoms with E-state index in [4.69, 9.17) is 32.9 Å². The molecule has 1 saturated heterocycles. The zero-order chi connectivity index (χ0) is 20.8. The first kappa shape index (κ1) is 24.4. The minimum absolute atomic E-state index is 0. The van der Waals surface area contributed by atoms with E-state index >= 15 is 0 Å². The molecule has 30 heavy (non-hydrogen) atoms. The third-order valence-corrected chi connectivity index (χ3v) is 5.53. The molecule has 164 valence electrons. The molecule has 2 aromatic rings. The number of hydrogen-bond donors (Lipinski definition) is 1. The van der Waals surface area contributed by atoms with Crippen molar-refractivity contribution in [2.75, 3.05) is 50.1 Å². The Bertz CT molecular complexity index is 852. The topological polar surface area (TPSA) is 40.1 Å². The Hall–Kier alpha value is -1.82. The summed E-state index contributed by atoms with van der Waals surface area (Å²) in [4.78, 5) is 9.48. The van der Waals surface area contributed by atoms with Crippen LogP contribution in [0.4, 0.5) is 11.4 Å². The fourth-order valence-corrected chi connectivity index (χ4v) is 3.54. The molecule has 0 unspecified atom stereocenters. The molecule has 5 nitrogen and oxygen atoms in total. The van der Waals surface area contributed by atoms with E-state index in [0.29, 0.717) is 16.0 Å². The molecule has 3 rings (SSSR count). The summed E-state index contributed by atoms with van der Waals surface area (Å²) in [6.45, 7) is 8.61. The molecule has 0 spiro atoms. The van der Waals surface area contributed by atoms with Crippen LogP contribution in [0.15, 0.2) is 47.5 Å². The van der Waals surface area contributed by atoms with Crippen LogP contribution in [0.2, 0.25) is 10.0 Å². The number of methoxy groups -OCH3 is 1. The van der Waals surface area contributed by atoms with Gasteiger partial charge >= 0.3 is 0 Å². The number of nitrogens with zero attached hydrogens (tertiary/aromatic N) is 3. The summed E-state index contributed by atoms with van der Waals surface area (Å²) in [6.07, 6.45) is 0. The lowest BCUT2D eigenvalue weighted by molar-refractivity contribution is 0.375. The van der Waals surface area contributed by atoms with Crippen LogP contribution in [-0.4, -0.2) is 50.7 Å². The molecule has 0 saturated carbocycles. The van der Waals surface area contributed by atoms with Gasteiger partial charge in [-0.3, -0.25) is 4.99 Å². The average Bonchev–Trinajstić information content (AvgIpc) is 2.73. The van der Waals surface area contributed by atoms with Gasteiger partial charge in [0.1, 0.15) is 5.75 Å². The molecule has 0 aliphatic carbocycles. The fraction of sp³-hybridized carbons (Fsp3) is 0.409. The second-order valence-corrected chi connectivity index (χ2v) is 8.27. The zero-order valence-electron chi connectivity index (χ0n) is 17.6. The number of rotatable bonds is 5. The molecule has 1 N–H and O–H groups in total. The molecule has 0 radical (unpaired) electrons. The number of nitrogens with one attached hydrogen (secondary N) is 1. The lowest BCUT2D eigenvalue weighted by Gasteiger charge is -2.38. The van der Waals surface area contributed by atoms with Crippen LogP contribution < -0.4 is 15.0 Å². The summed E-state index contributed by atoms with van der Waals surface area (Å²) >= 11 is 12.2. The van der Waals surface area contributed by atoms with Crippen molar-refractivity contribution in [3.05, 3.63) is 52.5 Å². The van der Waals surface area contributed by atoms with Crippen molar-refractivity contribution < 1.29 is 4.74 Å². The third-order valence-electron chi connectivity index (χ3n) is 4.79. The maximum atomic E-state index is 6.18. The first-order valence-corrected chi connectivity index (χ1v) is 10.6. The van der Waals surface area contributed by atoms with Crippen LogP contribution in [0.3, 0.4) is 0 Å². The van der Waals surface area contributed by atoms with Gasteiger partial charge in [0.15, 0.2) is 5.96 Å². The van der Waals surface area contributed by atoms with Crippen LogP contribution in [0.25, 0.3) is 0 Å². The fourth-order valence-electron chi connectivity index (χ4n) is 3.24. The summed E-state index contributed by atoms with van der Waals surface area (Å²) in [7, 11) is 1.72. The normalized spacial score (nSPS) is 14.5. The van der Waals surface area contributed by atoms with E-state index in [1.165, 1.54) is 0 Å². The van der Waals surface area contributed by atoms with E-state index in [1.54, 1.807) is 13.2 Å². The minimum Gasteiger partial charge on any atom is -0.495 e. The molecule has 1 aliphatic heterocycles. The molecular weight excluding hydrogens is 443 g/mol. The number of halogens is 3. The molecular formula is C22H29Cl3N4O. The highest BCUT2D eigenvalue weighted by Crippen LogP contribution is 2.29. The number of anilines is 2. The average molecular weight is 472 g/mol. The molecule has 1 aliphatic rings. The van der Waals surface area contributed by atoms with E-state index in [-0.39, 0.29) is 12.4 Å². The van der Waals surface area contributed by atoms with Gasteiger partial charge in [0.2, 0.25) is 0 Å². The maximum absolute atomic E-state index is 6.18. The lowest BCUT2D eigenvalue weighted by Crippen LogP contribution is -2.51. The Morgan fingerprint density at radius 1 is 1.07 bits per heavy atom. The van der Waals surface area contributed by atoms with Gasteiger partial charge in [-0.2, -0.15) is 0 Å². The summed E-state index contributed by atoms with van der Waals surface area (Å²) in [5, 5.41) is 4.51. The molecule has 8 heteroatoms. The Morgan fingerprint density at radius 3 is 2.40 bits per heavy atom. The predicted molar refractivity (Wildman–Crippen MR) is 131 cm³/mol. The monoisotopic (exact) mass is 470 g/mol. The zero-order valence-corrected chi connectivity index (χ0v) is 19.9. The molecule has 1 heterocycles. The Labute approximate surface area is 195 Å². The number of hydrogen-bond acceptors (Lipinski definition) is 3. The SMILES string of the molecule is COc1ccccc1N1CCN(C(=NCC(C)C)Nc2ccc(Cl)c(Cl)c2)CC1.Cl. The van der Waals surface area contributed by atoms with Crippen LogP contribution in [0.5, 0.6) is 5.75 Å². The third kappa shape index (κ3) is 6.34. The van der Waals surface area contributed by atoms with Gasteiger partial charge < -0.3 is 19.9 Å². The molecule has 0 aromatic heterocycles. The summed E-state index contributed by atoms with van der Waals surface area (Å²) in [5.74, 6) is 2.26. The number of guanidine groups is 1. The van der Waals surface area contributed by atoms with Crippen LogP contribution in [-0.2, 0) is 0 Å². The Morgan fingerprint density at radius 2 is 1.77 bits per heavy atom. The van der Waals surface area contributed by atoms with E-state index in [9.17, 15) is 0 Å². The van der Waals surface area contributed by atoms with E-state index in [1.807, 2.05) is 30.3 Å². The number of para-hydroxylation sites is 2. The summed E-state index contributed by atoms with van der Waals surface area (Å²) in [5.41, 5.74) is 2.02. The minimum atomic E-state index is 0. The first-order valence-electron chi connectivity index (χ1n) is 9.87. The molecule has 0 atom stereocenters. The van der Waals surface area contributed by atoms with Gasteiger partial charge in [-0.15, -0.1) is 12.4 Å². The molecule has 1 fully saturated rings. The number of piperazine rings is 1. The van der Waals surface area contributed by atoms with Crippen molar-refractivity contribution in [3.63, 3.8) is 0 Å². The Kier molecular flexibility index (Phi) is 9.40. The van der Waals surface area contributed by atoms with Gasteiger partial charge in [-0.1, -0.05) is 49.2 Å². The number of ether oxygens (including phenoxy) is 1. The highest BCUT2D eigenvalue weighted by atomic mass is 35.5. The first-order chi connectivity index (χ1) is 14.0. The van der Waals surface area contributed by atoms with Crippen molar-refractivity contribution in [2.24, 2.45) is 10.9 Å². The number of aliphatic imine (C=N–C) groups is 1. The summed E-state index contributed by atoms with van der Waals surface area (Å²) in [6, 6.07) is 13.7. The van der Waals surface area contributed by atoms with Crippen molar-refractivity contribution in [1.82, 2.24) is 4.90 Å². The highest BCUT2D eigenvalue weighted by molar-refractivity contribution is 6.42. The second-order valence-electron chi connectivity index (χ2n) is 7.46. The standard InChI is InChI=1S/C22H28Cl2N4O.ClH/c1-16(2)15-25-22(26-17-8-9-18(23)19(24)14-17)28-12-10-27(11-13-28)20-6-4-5-7-21(20)29-3;/h4-9,14,16H,10-13,15H2,1-3H3,(H,25,26);1H. The van der Waals surface area contributed by atoms with Gasteiger partial charge in [0.05, 0.1) is 22.8 Å². The summed E-state index contributed by atoms with van der Waals surface area (Å²) < 4.78 is 5.52. The predicted octanol–water partition coefficient (Wildman–Crippen LogP) is 5.67. The van der Waals surface area contributed by atoms with Gasteiger partial charge in [0.25, 0.3) is 0 Å². The second kappa shape index (κ2) is 11.5.